The minimum Gasteiger partial charge on any atom is -0.479 e. The SMILES string of the molecule is CCCCOC(CCC[C@H]1C(=O)CC[C@@H]1C=CCC(C)(C)CCCC)CC(O)C(=O)O. The number of ether oxygens (including phenoxy) is 1. The van der Waals surface area contributed by atoms with E-state index in [1.165, 1.54) is 19.3 Å². The number of carbonyl (C=O) groups excluding carboxylic acids is 1. The van der Waals surface area contributed by atoms with Crippen LogP contribution in [-0.4, -0.2) is 40.8 Å². The number of unbranched alkanes of at least 4 members (excludes halogenated alkanes) is 2. The highest BCUT2D eigenvalue weighted by molar-refractivity contribution is 5.83. The topological polar surface area (TPSA) is 83.8 Å². The van der Waals surface area contributed by atoms with Crippen LogP contribution in [0.1, 0.15) is 105 Å². The summed E-state index contributed by atoms with van der Waals surface area (Å²) in [5.41, 5.74) is 0.304. The second-order valence-electron chi connectivity index (χ2n) is 10.0. The molecule has 2 N–H and O–H groups in total. The summed E-state index contributed by atoms with van der Waals surface area (Å²) in [5.74, 6) is -0.467. The van der Waals surface area contributed by atoms with E-state index in [2.05, 4.69) is 39.8 Å². The predicted octanol–water partition coefficient (Wildman–Crippen LogP) is 5.94. The van der Waals surface area contributed by atoms with Crippen molar-refractivity contribution in [2.24, 2.45) is 17.3 Å². The first kappa shape index (κ1) is 27.8. The molecule has 0 amide bonds. The van der Waals surface area contributed by atoms with Gasteiger partial charge in [-0.15, -0.1) is 0 Å². The Balaban J connectivity index is 2.55. The van der Waals surface area contributed by atoms with E-state index in [0.717, 1.165) is 38.5 Å². The molecule has 0 saturated heterocycles. The van der Waals surface area contributed by atoms with Crippen molar-refractivity contribution >= 4 is 11.8 Å². The first-order valence-corrected chi connectivity index (χ1v) is 12.4. The fourth-order valence-electron chi connectivity index (χ4n) is 4.44. The zero-order valence-electron chi connectivity index (χ0n) is 20.3. The number of Topliss-reactive ketones (excluding diaryl/α,β-unsaturated/α-hetero) is 1. The molecular weight excluding hydrogens is 392 g/mol. The fraction of sp³-hybridized carbons (Fsp3) is 0.846. The van der Waals surface area contributed by atoms with Crippen LogP contribution in [0.25, 0.3) is 0 Å². The molecule has 0 aromatic rings. The molecule has 1 fully saturated rings. The predicted molar refractivity (Wildman–Crippen MR) is 125 cm³/mol. The van der Waals surface area contributed by atoms with Crippen molar-refractivity contribution in [2.75, 3.05) is 6.61 Å². The van der Waals surface area contributed by atoms with Crippen molar-refractivity contribution in [2.45, 2.75) is 117 Å². The number of aliphatic hydroxyl groups excluding tert-OH is 1. The monoisotopic (exact) mass is 438 g/mol. The number of rotatable bonds is 17. The van der Waals surface area contributed by atoms with Gasteiger partial charge in [0.05, 0.1) is 6.10 Å². The van der Waals surface area contributed by atoms with Crippen LogP contribution in [0.2, 0.25) is 0 Å². The highest BCUT2D eigenvalue weighted by Gasteiger charge is 2.33. The molecule has 2 unspecified atom stereocenters. The highest BCUT2D eigenvalue weighted by atomic mass is 16.5. The number of carbonyl (C=O) groups is 2. The summed E-state index contributed by atoms with van der Waals surface area (Å²) in [6.45, 7) is 9.51. The molecule has 1 aliphatic carbocycles. The third kappa shape index (κ3) is 11.3. The van der Waals surface area contributed by atoms with E-state index < -0.39 is 12.1 Å². The van der Waals surface area contributed by atoms with Crippen LogP contribution in [0.3, 0.4) is 0 Å². The summed E-state index contributed by atoms with van der Waals surface area (Å²) in [4.78, 5) is 23.5. The van der Waals surface area contributed by atoms with Crippen molar-refractivity contribution in [3.63, 3.8) is 0 Å². The van der Waals surface area contributed by atoms with Gasteiger partial charge in [0, 0.05) is 25.4 Å². The van der Waals surface area contributed by atoms with Gasteiger partial charge in [0.1, 0.15) is 5.78 Å². The maximum absolute atomic E-state index is 12.5. The van der Waals surface area contributed by atoms with Crippen molar-refractivity contribution in [3.05, 3.63) is 12.2 Å². The smallest absolute Gasteiger partial charge is 0.332 e. The molecule has 1 saturated carbocycles. The van der Waals surface area contributed by atoms with E-state index >= 15 is 0 Å². The van der Waals surface area contributed by atoms with Crippen LogP contribution in [0.5, 0.6) is 0 Å². The number of ketones is 1. The average molecular weight is 439 g/mol. The minimum absolute atomic E-state index is 0.0655. The lowest BCUT2D eigenvalue weighted by Gasteiger charge is -2.23. The lowest BCUT2D eigenvalue weighted by Crippen LogP contribution is -2.28. The van der Waals surface area contributed by atoms with Gasteiger partial charge in [0.15, 0.2) is 6.10 Å². The number of carboxylic acid groups (broad SMARTS) is 1. The number of hydrogen-bond acceptors (Lipinski definition) is 4. The Bertz CT molecular complexity index is 554. The van der Waals surface area contributed by atoms with Gasteiger partial charge in [0.2, 0.25) is 0 Å². The zero-order chi connectivity index (χ0) is 23.3. The molecule has 0 aliphatic heterocycles. The summed E-state index contributed by atoms with van der Waals surface area (Å²) >= 11 is 0. The molecule has 1 aliphatic rings. The van der Waals surface area contributed by atoms with Crippen molar-refractivity contribution in [1.29, 1.82) is 0 Å². The molecule has 0 spiro atoms. The van der Waals surface area contributed by atoms with E-state index in [9.17, 15) is 14.7 Å². The van der Waals surface area contributed by atoms with Crippen molar-refractivity contribution in [3.8, 4) is 0 Å². The van der Waals surface area contributed by atoms with E-state index in [1.807, 2.05) is 0 Å². The van der Waals surface area contributed by atoms with Crippen LogP contribution in [-0.2, 0) is 14.3 Å². The largest absolute Gasteiger partial charge is 0.479 e. The standard InChI is InChI=1S/C26H46O5/c1-5-7-16-26(3,4)17-10-11-20-14-15-23(27)22(20)13-9-12-21(31-18-8-6-2)19-24(28)25(29)30/h10-11,20-22,24,28H,5-9,12-19H2,1-4H3,(H,29,30)/t20-,21?,22+,24?/m0/s1. The maximum atomic E-state index is 12.5. The Hall–Kier alpha value is -1.20. The Morgan fingerprint density at radius 2 is 1.94 bits per heavy atom. The summed E-state index contributed by atoms with van der Waals surface area (Å²) in [7, 11) is 0. The van der Waals surface area contributed by atoms with E-state index in [4.69, 9.17) is 9.84 Å². The Morgan fingerprint density at radius 3 is 2.58 bits per heavy atom. The minimum atomic E-state index is -1.40. The number of aliphatic carboxylic acids is 1. The second-order valence-corrected chi connectivity index (χ2v) is 10.0. The van der Waals surface area contributed by atoms with Gasteiger partial charge < -0.3 is 14.9 Å². The first-order chi connectivity index (χ1) is 14.7. The van der Waals surface area contributed by atoms with Gasteiger partial charge in [-0.3, -0.25) is 4.79 Å². The van der Waals surface area contributed by atoms with Crippen LogP contribution in [0.15, 0.2) is 12.2 Å². The van der Waals surface area contributed by atoms with Crippen LogP contribution in [0, 0.1) is 17.3 Å². The van der Waals surface area contributed by atoms with Crippen LogP contribution in [0.4, 0.5) is 0 Å². The number of hydrogen-bond donors (Lipinski definition) is 2. The number of allylic oxidation sites excluding steroid dienone is 2. The van der Waals surface area contributed by atoms with Crippen molar-refractivity contribution < 1.29 is 24.5 Å². The molecule has 31 heavy (non-hydrogen) atoms. The molecule has 5 heteroatoms. The molecule has 0 aromatic carbocycles. The molecule has 4 atom stereocenters. The lowest BCUT2D eigenvalue weighted by molar-refractivity contribution is -0.148. The van der Waals surface area contributed by atoms with E-state index in [0.29, 0.717) is 36.6 Å². The second kappa shape index (κ2) is 14.8. The quantitative estimate of drug-likeness (QED) is 0.217. The Kier molecular flexibility index (Phi) is 13.3. The van der Waals surface area contributed by atoms with Gasteiger partial charge in [-0.2, -0.15) is 0 Å². The Morgan fingerprint density at radius 1 is 1.23 bits per heavy atom. The molecule has 1 rings (SSSR count). The Labute approximate surface area is 189 Å². The molecule has 0 heterocycles. The number of aliphatic hydroxyl groups is 1. The van der Waals surface area contributed by atoms with Gasteiger partial charge in [-0.05, 0) is 49.9 Å². The van der Waals surface area contributed by atoms with Crippen LogP contribution >= 0.6 is 0 Å². The zero-order valence-corrected chi connectivity index (χ0v) is 20.3. The van der Waals surface area contributed by atoms with Gasteiger partial charge in [0.25, 0.3) is 0 Å². The van der Waals surface area contributed by atoms with Gasteiger partial charge in [-0.25, -0.2) is 4.79 Å². The molecular formula is C26H46O5. The molecule has 0 bridgehead atoms. The fourth-order valence-corrected chi connectivity index (χ4v) is 4.44. The van der Waals surface area contributed by atoms with E-state index in [1.54, 1.807) is 0 Å². The highest BCUT2D eigenvalue weighted by Crippen LogP contribution is 2.35. The first-order valence-electron chi connectivity index (χ1n) is 12.4. The molecule has 180 valence electrons. The summed E-state index contributed by atoms with van der Waals surface area (Å²) < 4.78 is 5.83. The van der Waals surface area contributed by atoms with Gasteiger partial charge in [-0.1, -0.05) is 65.5 Å². The van der Waals surface area contributed by atoms with Gasteiger partial charge >= 0.3 is 5.97 Å². The molecule has 0 aromatic heterocycles. The maximum Gasteiger partial charge on any atom is 0.332 e. The third-order valence-electron chi connectivity index (χ3n) is 6.58. The van der Waals surface area contributed by atoms with Crippen LogP contribution < -0.4 is 0 Å². The van der Waals surface area contributed by atoms with E-state index in [-0.39, 0.29) is 18.4 Å². The van der Waals surface area contributed by atoms with Crippen molar-refractivity contribution in [1.82, 2.24) is 0 Å². The normalized spacial score (nSPS) is 21.6. The molecule has 0 radical (unpaired) electrons. The molecule has 5 nitrogen and oxygen atoms in total. The average Bonchev–Trinajstić information content (AvgIpc) is 3.06. The lowest BCUT2D eigenvalue weighted by atomic mass is 9.83. The summed E-state index contributed by atoms with van der Waals surface area (Å²) in [6, 6.07) is 0. The summed E-state index contributed by atoms with van der Waals surface area (Å²) in [5, 5.41) is 18.7. The third-order valence-corrected chi connectivity index (χ3v) is 6.58. The summed E-state index contributed by atoms with van der Waals surface area (Å²) in [6.07, 6.45) is 13.6. The number of carboxylic acids is 1.